The molecule has 1 aromatic carbocycles. The zero-order valence-corrected chi connectivity index (χ0v) is 12.5. The normalized spacial score (nSPS) is 9.91. The van der Waals surface area contributed by atoms with Gasteiger partial charge in [0.1, 0.15) is 10.9 Å². The topological polar surface area (TPSA) is 77.5 Å². The van der Waals surface area contributed by atoms with E-state index in [-0.39, 0.29) is 10.7 Å². The minimum absolute atomic E-state index is 0.217. The fourth-order valence-electron chi connectivity index (χ4n) is 1.65. The molecule has 0 fully saturated rings. The summed E-state index contributed by atoms with van der Waals surface area (Å²) >= 11 is 5.62. The first-order valence-corrected chi connectivity index (χ1v) is 6.69. The van der Waals surface area contributed by atoms with Crippen LogP contribution in [0, 0.1) is 0 Å². The Morgan fingerprint density at radius 2 is 2.00 bits per heavy atom. The zero-order valence-electron chi connectivity index (χ0n) is 11.7. The number of hydrogen-bond donors (Lipinski definition) is 1. The molecule has 0 spiro atoms. The lowest BCUT2D eigenvalue weighted by Crippen LogP contribution is -2.21. The van der Waals surface area contributed by atoms with Crippen LogP contribution in [-0.4, -0.2) is 30.6 Å². The third kappa shape index (κ3) is 4.20. The Morgan fingerprint density at radius 3 is 2.68 bits per heavy atom. The Kier molecular flexibility index (Phi) is 5.32. The molecule has 0 atom stereocenters. The van der Waals surface area contributed by atoms with Crippen molar-refractivity contribution in [2.45, 2.75) is 0 Å². The highest BCUT2D eigenvalue weighted by Crippen LogP contribution is 2.22. The van der Waals surface area contributed by atoms with E-state index in [1.807, 2.05) is 0 Å². The summed E-state index contributed by atoms with van der Waals surface area (Å²) in [4.78, 5) is 27.3. The first-order chi connectivity index (χ1) is 10.6. The molecule has 7 heteroatoms. The van der Waals surface area contributed by atoms with Gasteiger partial charge < -0.3 is 14.8 Å². The minimum atomic E-state index is -0.653. The summed E-state index contributed by atoms with van der Waals surface area (Å²) in [6, 6.07) is 9.86. The molecule has 0 radical (unpaired) electrons. The van der Waals surface area contributed by atoms with Gasteiger partial charge in [0.15, 0.2) is 6.61 Å². The van der Waals surface area contributed by atoms with Gasteiger partial charge in [0.05, 0.1) is 18.4 Å². The number of pyridine rings is 1. The van der Waals surface area contributed by atoms with Crippen LogP contribution in [0.2, 0.25) is 5.15 Å². The van der Waals surface area contributed by atoms with Crippen molar-refractivity contribution in [2.75, 3.05) is 19.0 Å². The number of aromatic nitrogens is 1. The molecule has 1 amide bonds. The van der Waals surface area contributed by atoms with Gasteiger partial charge in [-0.05, 0) is 24.3 Å². The van der Waals surface area contributed by atoms with E-state index >= 15 is 0 Å². The van der Waals surface area contributed by atoms with Crippen molar-refractivity contribution < 1.29 is 19.1 Å². The second kappa shape index (κ2) is 7.42. The van der Waals surface area contributed by atoms with Crippen LogP contribution in [0.4, 0.5) is 5.69 Å². The number of hydrogen-bond acceptors (Lipinski definition) is 5. The lowest BCUT2D eigenvalue weighted by molar-refractivity contribution is -0.119. The van der Waals surface area contributed by atoms with Gasteiger partial charge in [-0.15, -0.1) is 0 Å². The molecule has 6 nitrogen and oxygen atoms in total. The molecule has 0 aliphatic heterocycles. The highest BCUT2D eigenvalue weighted by atomic mass is 35.5. The van der Waals surface area contributed by atoms with Crippen LogP contribution in [0.1, 0.15) is 10.4 Å². The minimum Gasteiger partial charge on any atom is -0.495 e. The number of ether oxygens (including phenoxy) is 2. The summed E-state index contributed by atoms with van der Waals surface area (Å²) in [6.45, 7) is -0.417. The number of esters is 1. The van der Waals surface area contributed by atoms with Gasteiger partial charge >= 0.3 is 5.97 Å². The van der Waals surface area contributed by atoms with Gasteiger partial charge in [0.25, 0.3) is 5.91 Å². The van der Waals surface area contributed by atoms with Crippen LogP contribution in [0.3, 0.4) is 0 Å². The van der Waals surface area contributed by atoms with Crippen LogP contribution < -0.4 is 10.1 Å². The molecule has 1 N–H and O–H groups in total. The number of carbonyl (C=O) groups excluding carboxylic acids is 2. The molecular formula is C15H13ClN2O4. The summed E-state index contributed by atoms with van der Waals surface area (Å²) < 4.78 is 10.0. The van der Waals surface area contributed by atoms with Crippen LogP contribution in [0.5, 0.6) is 5.75 Å². The quantitative estimate of drug-likeness (QED) is 0.676. The maximum atomic E-state index is 11.8. The molecule has 0 bridgehead atoms. The largest absolute Gasteiger partial charge is 0.495 e. The summed E-state index contributed by atoms with van der Waals surface area (Å²) in [7, 11) is 1.50. The van der Waals surface area contributed by atoms with E-state index in [0.717, 1.165) is 0 Å². The molecule has 2 aromatic rings. The molecule has 114 valence electrons. The van der Waals surface area contributed by atoms with Crippen LogP contribution in [0.25, 0.3) is 0 Å². The SMILES string of the molecule is COc1ccccc1NC(=O)COC(=O)c1ccc(Cl)nc1. The number of para-hydroxylation sites is 2. The van der Waals surface area contributed by atoms with Gasteiger partial charge in [-0.25, -0.2) is 9.78 Å². The van der Waals surface area contributed by atoms with Crippen LogP contribution in [0.15, 0.2) is 42.6 Å². The Balaban J connectivity index is 1.90. The smallest absolute Gasteiger partial charge is 0.340 e. The zero-order chi connectivity index (χ0) is 15.9. The first-order valence-electron chi connectivity index (χ1n) is 6.31. The number of nitrogens with one attached hydrogen (secondary N) is 1. The standard InChI is InChI=1S/C15H13ClN2O4/c1-21-12-5-3-2-4-11(12)18-14(19)9-22-15(20)10-6-7-13(16)17-8-10/h2-8H,9H2,1H3,(H,18,19). The maximum absolute atomic E-state index is 11.8. The van der Waals surface area contributed by atoms with Gasteiger partial charge in [-0.3, -0.25) is 4.79 Å². The lowest BCUT2D eigenvalue weighted by Gasteiger charge is -2.10. The van der Waals surface area contributed by atoms with Crippen molar-refractivity contribution in [2.24, 2.45) is 0 Å². The number of rotatable bonds is 5. The van der Waals surface area contributed by atoms with E-state index in [0.29, 0.717) is 11.4 Å². The summed E-state index contributed by atoms with van der Waals surface area (Å²) in [5.41, 5.74) is 0.716. The summed E-state index contributed by atoms with van der Waals surface area (Å²) in [5.74, 6) is -0.608. The summed E-state index contributed by atoms with van der Waals surface area (Å²) in [6.07, 6.45) is 1.28. The number of carbonyl (C=O) groups is 2. The van der Waals surface area contributed by atoms with E-state index in [4.69, 9.17) is 21.1 Å². The molecule has 0 aliphatic rings. The predicted octanol–water partition coefficient (Wildman–Crippen LogP) is 2.54. The number of nitrogens with zero attached hydrogens (tertiary/aromatic N) is 1. The Labute approximate surface area is 132 Å². The molecule has 1 aromatic heterocycles. The Morgan fingerprint density at radius 1 is 1.23 bits per heavy atom. The number of halogens is 1. The monoisotopic (exact) mass is 320 g/mol. The second-order valence-corrected chi connectivity index (χ2v) is 4.58. The van der Waals surface area contributed by atoms with Gasteiger partial charge in [-0.1, -0.05) is 23.7 Å². The van der Waals surface area contributed by atoms with E-state index in [1.54, 1.807) is 24.3 Å². The average Bonchev–Trinajstić information content (AvgIpc) is 2.54. The van der Waals surface area contributed by atoms with E-state index < -0.39 is 18.5 Å². The maximum Gasteiger partial charge on any atom is 0.340 e. The van der Waals surface area contributed by atoms with Crippen molar-refractivity contribution in [3.05, 3.63) is 53.3 Å². The van der Waals surface area contributed by atoms with E-state index in [2.05, 4.69) is 10.3 Å². The highest BCUT2D eigenvalue weighted by Gasteiger charge is 2.12. The van der Waals surface area contributed by atoms with Crippen LogP contribution in [-0.2, 0) is 9.53 Å². The van der Waals surface area contributed by atoms with Crippen molar-refractivity contribution >= 4 is 29.2 Å². The number of benzene rings is 1. The summed E-state index contributed by atoms with van der Waals surface area (Å²) in [5, 5.41) is 2.87. The lowest BCUT2D eigenvalue weighted by atomic mass is 10.3. The second-order valence-electron chi connectivity index (χ2n) is 4.19. The van der Waals surface area contributed by atoms with E-state index in [1.165, 1.54) is 25.4 Å². The van der Waals surface area contributed by atoms with Gasteiger partial charge in [-0.2, -0.15) is 0 Å². The van der Waals surface area contributed by atoms with Gasteiger partial charge in [0, 0.05) is 6.20 Å². The van der Waals surface area contributed by atoms with Crippen LogP contribution >= 0.6 is 11.6 Å². The molecule has 1 heterocycles. The van der Waals surface area contributed by atoms with Gasteiger partial charge in [0.2, 0.25) is 0 Å². The predicted molar refractivity (Wildman–Crippen MR) is 81.2 cm³/mol. The number of anilines is 1. The molecule has 0 aliphatic carbocycles. The average molecular weight is 321 g/mol. The molecule has 0 saturated carbocycles. The molecule has 0 unspecified atom stereocenters. The number of methoxy groups -OCH3 is 1. The van der Waals surface area contributed by atoms with Crippen molar-refractivity contribution in [3.8, 4) is 5.75 Å². The molecule has 2 rings (SSSR count). The molecule has 0 saturated heterocycles. The molecular weight excluding hydrogens is 308 g/mol. The fraction of sp³-hybridized carbons (Fsp3) is 0.133. The van der Waals surface area contributed by atoms with Crippen molar-refractivity contribution in [1.82, 2.24) is 4.98 Å². The fourth-order valence-corrected chi connectivity index (χ4v) is 1.76. The first kappa shape index (κ1) is 15.8. The van der Waals surface area contributed by atoms with E-state index in [9.17, 15) is 9.59 Å². The Hall–Kier alpha value is -2.60. The third-order valence-corrected chi connectivity index (χ3v) is 2.90. The highest BCUT2D eigenvalue weighted by molar-refractivity contribution is 6.29. The Bertz CT molecular complexity index is 673. The number of amides is 1. The van der Waals surface area contributed by atoms with Crippen molar-refractivity contribution in [1.29, 1.82) is 0 Å². The third-order valence-electron chi connectivity index (χ3n) is 2.68. The van der Waals surface area contributed by atoms with Crippen molar-refractivity contribution in [3.63, 3.8) is 0 Å². The molecule has 22 heavy (non-hydrogen) atoms.